The summed E-state index contributed by atoms with van der Waals surface area (Å²) in [5.41, 5.74) is 1.25. The van der Waals surface area contributed by atoms with E-state index in [2.05, 4.69) is 29.3 Å². The molecule has 1 fully saturated rings. The molecule has 1 N–H and O–H groups in total. The summed E-state index contributed by atoms with van der Waals surface area (Å²) in [6.45, 7) is 3.90. The second-order valence-corrected chi connectivity index (χ2v) is 5.59. The van der Waals surface area contributed by atoms with Crippen LogP contribution in [-0.4, -0.2) is 44.2 Å². The van der Waals surface area contributed by atoms with Crippen molar-refractivity contribution in [2.45, 2.75) is 25.4 Å². The molecule has 0 saturated carbocycles. The van der Waals surface area contributed by atoms with Crippen molar-refractivity contribution in [3.05, 3.63) is 35.9 Å². The first-order chi connectivity index (χ1) is 9.61. The molecule has 0 aromatic heterocycles. The number of rotatable bonds is 4. The molecule has 4 heteroatoms. The number of nitrogens with zero attached hydrogens (tertiary/aromatic N) is 1. The molecule has 1 aliphatic rings. The van der Waals surface area contributed by atoms with Crippen molar-refractivity contribution < 1.29 is 9.53 Å². The normalized spacial score (nSPS) is 25.1. The molecule has 1 unspecified atom stereocenters. The quantitative estimate of drug-likeness (QED) is 0.852. The highest BCUT2D eigenvalue weighted by Crippen LogP contribution is 2.21. The molecule has 1 aromatic rings. The zero-order valence-corrected chi connectivity index (χ0v) is 12.5. The third kappa shape index (κ3) is 3.58. The molecule has 2 rings (SSSR count). The van der Waals surface area contributed by atoms with Crippen LogP contribution in [0.25, 0.3) is 0 Å². The van der Waals surface area contributed by atoms with Crippen molar-refractivity contribution >= 4 is 5.97 Å². The molecule has 20 heavy (non-hydrogen) atoms. The Hall–Kier alpha value is -1.39. The van der Waals surface area contributed by atoms with Crippen LogP contribution in [0, 0.1) is 5.92 Å². The lowest BCUT2D eigenvalue weighted by molar-refractivity contribution is -0.148. The average Bonchev–Trinajstić information content (AvgIpc) is 2.49. The van der Waals surface area contributed by atoms with Gasteiger partial charge in [-0.05, 0) is 32.5 Å². The maximum Gasteiger partial charge on any atom is 0.311 e. The van der Waals surface area contributed by atoms with Gasteiger partial charge in [-0.25, -0.2) is 0 Å². The van der Waals surface area contributed by atoms with E-state index in [-0.39, 0.29) is 24.0 Å². The monoisotopic (exact) mass is 276 g/mol. The van der Waals surface area contributed by atoms with Crippen molar-refractivity contribution in [2.24, 2.45) is 5.92 Å². The van der Waals surface area contributed by atoms with E-state index in [1.54, 1.807) is 0 Å². The maximum absolute atomic E-state index is 12.0. The molecule has 0 amide bonds. The Balaban J connectivity index is 2.04. The average molecular weight is 276 g/mol. The minimum absolute atomic E-state index is 0.0927. The van der Waals surface area contributed by atoms with Crippen LogP contribution in [0.4, 0.5) is 0 Å². The molecule has 0 bridgehead atoms. The zero-order chi connectivity index (χ0) is 14.5. The van der Waals surface area contributed by atoms with Crippen LogP contribution in [0.2, 0.25) is 0 Å². The molecule has 4 nitrogen and oxygen atoms in total. The summed E-state index contributed by atoms with van der Waals surface area (Å²) < 4.78 is 4.95. The van der Waals surface area contributed by atoms with Crippen molar-refractivity contribution in [1.82, 2.24) is 10.2 Å². The van der Waals surface area contributed by atoms with E-state index in [9.17, 15) is 4.79 Å². The fourth-order valence-corrected chi connectivity index (χ4v) is 2.86. The fourth-order valence-electron chi connectivity index (χ4n) is 2.86. The summed E-state index contributed by atoms with van der Waals surface area (Å²) in [7, 11) is 3.52. The standard InChI is InChI=1S/C16H24N2O2/c1-12(13-7-5-4-6-8-13)17-15-9-10-18(2)11-14(15)16(19)20-3/h4-8,12,14-15,17H,9-11H2,1-3H3/t12-,14?,15+/m1/s1. The Morgan fingerprint density at radius 2 is 2.10 bits per heavy atom. The van der Waals surface area contributed by atoms with Crippen molar-refractivity contribution in [3.8, 4) is 0 Å². The lowest BCUT2D eigenvalue weighted by atomic mass is 9.91. The predicted molar refractivity (Wildman–Crippen MR) is 79.4 cm³/mol. The first-order valence-electron chi connectivity index (χ1n) is 7.19. The second-order valence-electron chi connectivity index (χ2n) is 5.59. The van der Waals surface area contributed by atoms with Crippen LogP contribution >= 0.6 is 0 Å². The number of hydrogen-bond acceptors (Lipinski definition) is 4. The van der Waals surface area contributed by atoms with Crippen molar-refractivity contribution in [1.29, 1.82) is 0 Å². The third-order valence-electron chi connectivity index (χ3n) is 4.08. The molecule has 3 atom stereocenters. The van der Waals surface area contributed by atoms with Crippen LogP contribution in [0.3, 0.4) is 0 Å². The first-order valence-corrected chi connectivity index (χ1v) is 7.19. The summed E-state index contributed by atoms with van der Waals surface area (Å²) in [5, 5.41) is 3.59. The third-order valence-corrected chi connectivity index (χ3v) is 4.08. The minimum atomic E-state index is -0.116. The van der Waals surface area contributed by atoms with Gasteiger partial charge in [0.15, 0.2) is 0 Å². The number of carbonyl (C=O) groups excluding carboxylic acids is 1. The number of nitrogens with one attached hydrogen (secondary N) is 1. The van der Waals surface area contributed by atoms with Gasteiger partial charge in [-0.1, -0.05) is 30.3 Å². The Labute approximate surface area is 121 Å². The number of piperidine rings is 1. The minimum Gasteiger partial charge on any atom is -0.469 e. The predicted octanol–water partition coefficient (Wildman–Crippen LogP) is 1.83. The molecule has 1 aliphatic heterocycles. The number of esters is 1. The molecule has 110 valence electrons. The van der Waals surface area contributed by atoms with Gasteiger partial charge in [0.25, 0.3) is 0 Å². The lowest BCUT2D eigenvalue weighted by Crippen LogP contribution is -2.51. The molecular weight excluding hydrogens is 252 g/mol. The van der Waals surface area contributed by atoms with E-state index in [1.165, 1.54) is 12.7 Å². The van der Waals surface area contributed by atoms with E-state index < -0.39 is 0 Å². The van der Waals surface area contributed by atoms with Crippen molar-refractivity contribution in [3.63, 3.8) is 0 Å². The van der Waals surface area contributed by atoms with E-state index in [1.807, 2.05) is 25.2 Å². The zero-order valence-electron chi connectivity index (χ0n) is 12.5. The highest BCUT2D eigenvalue weighted by atomic mass is 16.5. The van der Waals surface area contributed by atoms with Gasteiger partial charge in [0, 0.05) is 18.6 Å². The molecular formula is C16H24N2O2. The number of methoxy groups -OCH3 is 1. The van der Waals surface area contributed by atoms with Crippen LogP contribution < -0.4 is 5.32 Å². The Morgan fingerprint density at radius 1 is 1.40 bits per heavy atom. The highest BCUT2D eigenvalue weighted by Gasteiger charge is 2.34. The van der Waals surface area contributed by atoms with E-state index >= 15 is 0 Å². The summed E-state index contributed by atoms with van der Waals surface area (Å²) in [5.74, 6) is -0.209. The largest absolute Gasteiger partial charge is 0.469 e. The molecule has 0 aliphatic carbocycles. The summed E-state index contributed by atoms with van der Waals surface area (Å²) in [4.78, 5) is 14.1. The van der Waals surface area contributed by atoms with Crippen LogP contribution in [-0.2, 0) is 9.53 Å². The van der Waals surface area contributed by atoms with Gasteiger partial charge in [0.2, 0.25) is 0 Å². The van der Waals surface area contributed by atoms with E-state index in [0.717, 1.165) is 19.5 Å². The van der Waals surface area contributed by atoms with Crippen LogP contribution in [0.5, 0.6) is 0 Å². The first kappa shape index (κ1) is 15.0. The summed E-state index contributed by atoms with van der Waals surface area (Å²) in [6, 6.07) is 10.7. The van der Waals surface area contributed by atoms with E-state index in [0.29, 0.717) is 0 Å². The molecule has 0 spiro atoms. The number of likely N-dealkylation sites (tertiary alicyclic amines) is 1. The second kappa shape index (κ2) is 6.86. The van der Waals surface area contributed by atoms with Crippen LogP contribution in [0.1, 0.15) is 24.9 Å². The van der Waals surface area contributed by atoms with Crippen LogP contribution in [0.15, 0.2) is 30.3 Å². The van der Waals surface area contributed by atoms with Gasteiger partial charge in [-0.3, -0.25) is 4.79 Å². The van der Waals surface area contributed by atoms with Gasteiger partial charge >= 0.3 is 5.97 Å². The molecule has 1 heterocycles. The lowest BCUT2D eigenvalue weighted by Gasteiger charge is -2.37. The molecule has 0 radical (unpaired) electrons. The smallest absolute Gasteiger partial charge is 0.311 e. The van der Waals surface area contributed by atoms with Crippen molar-refractivity contribution in [2.75, 3.05) is 27.2 Å². The number of benzene rings is 1. The van der Waals surface area contributed by atoms with Gasteiger partial charge in [0.05, 0.1) is 13.0 Å². The van der Waals surface area contributed by atoms with Gasteiger partial charge < -0.3 is 15.0 Å². The Bertz CT molecular complexity index is 435. The number of carbonyl (C=O) groups is 1. The molecule has 1 aromatic carbocycles. The molecule has 1 saturated heterocycles. The summed E-state index contributed by atoms with van der Waals surface area (Å²) >= 11 is 0. The highest BCUT2D eigenvalue weighted by molar-refractivity contribution is 5.73. The van der Waals surface area contributed by atoms with Gasteiger partial charge in [0.1, 0.15) is 0 Å². The fraction of sp³-hybridized carbons (Fsp3) is 0.562. The number of ether oxygens (including phenoxy) is 1. The maximum atomic E-state index is 12.0. The van der Waals surface area contributed by atoms with E-state index in [4.69, 9.17) is 4.74 Å². The SMILES string of the molecule is COC(=O)C1CN(C)CC[C@@H]1N[C@H](C)c1ccccc1. The van der Waals surface area contributed by atoms with Gasteiger partial charge in [-0.2, -0.15) is 0 Å². The topological polar surface area (TPSA) is 41.6 Å². The summed E-state index contributed by atoms with van der Waals surface area (Å²) in [6.07, 6.45) is 0.966. The Morgan fingerprint density at radius 3 is 2.75 bits per heavy atom. The Kier molecular flexibility index (Phi) is 5.15. The van der Waals surface area contributed by atoms with Gasteiger partial charge in [-0.15, -0.1) is 0 Å². The number of hydrogen-bond donors (Lipinski definition) is 1.